The second kappa shape index (κ2) is 6.80. The average molecular weight is 382 g/mol. The van der Waals surface area contributed by atoms with E-state index in [1.807, 2.05) is 6.07 Å². The number of H-pyrrole nitrogens is 1. The second-order valence-electron chi connectivity index (χ2n) is 6.04. The Labute approximate surface area is 157 Å². The smallest absolute Gasteiger partial charge is 0.345 e. The molecule has 5 nitrogen and oxygen atoms in total. The van der Waals surface area contributed by atoms with E-state index in [4.69, 9.17) is 0 Å². The third-order valence-electron chi connectivity index (χ3n) is 4.23. The van der Waals surface area contributed by atoms with Crippen molar-refractivity contribution in [3.8, 4) is 0 Å². The molecule has 0 saturated carbocycles. The molecule has 4 aromatic rings. The molecule has 0 spiro atoms. The van der Waals surface area contributed by atoms with Gasteiger partial charge in [-0.05, 0) is 24.3 Å². The summed E-state index contributed by atoms with van der Waals surface area (Å²) < 4.78 is 38.2. The number of carbonyl (C=O) groups excluding carboxylic acids is 1. The molecule has 2 heterocycles. The van der Waals surface area contributed by atoms with Crippen LogP contribution in [0.4, 0.5) is 24.7 Å². The molecule has 0 aliphatic carbocycles. The van der Waals surface area contributed by atoms with Crippen molar-refractivity contribution in [2.75, 3.05) is 5.32 Å². The van der Waals surface area contributed by atoms with E-state index in [1.165, 1.54) is 18.5 Å². The fourth-order valence-corrected chi connectivity index (χ4v) is 2.86. The Morgan fingerprint density at radius 1 is 0.964 bits per heavy atom. The van der Waals surface area contributed by atoms with Gasteiger partial charge >= 0.3 is 6.18 Å². The Morgan fingerprint density at radius 2 is 1.68 bits per heavy atom. The molecular weight excluding hydrogens is 369 g/mol. The zero-order valence-electron chi connectivity index (χ0n) is 14.3. The standard InChI is InChI=1S/C20H13F3N4O/c21-20(22,23)13-6-8-14(9-7-13)27-19-16-15(10-24-18(16)25-11-26-19)17(28)12-4-2-1-3-5-12/h1-11H,(H2,24,25,26,27). The summed E-state index contributed by atoms with van der Waals surface area (Å²) in [6.45, 7) is 0. The summed E-state index contributed by atoms with van der Waals surface area (Å²) in [7, 11) is 0. The third-order valence-corrected chi connectivity index (χ3v) is 4.23. The van der Waals surface area contributed by atoms with Gasteiger partial charge in [-0.2, -0.15) is 13.2 Å². The number of rotatable bonds is 4. The number of carbonyl (C=O) groups is 1. The summed E-state index contributed by atoms with van der Waals surface area (Å²) in [4.78, 5) is 24.1. The quantitative estimate of drug-likeness (QED) is 0.490. The molecule has 0 aliphatic rings. The number of aromatic nitrogens is 3. The molecule has 0 aliphatic heterocycles. The fraction of sp³-hybridized carbons (Fsp3) is 0.0500. The van der Waals surface area contributed by atoms with Crippen LogP contribution in [0.1, 0.15) is 21.5 Å². The summed E-state index contributed by atoms with van der Waals surface area (Å²) in [5.74, 6) is 0.113. The van der Waals surface area contributed by atoms with E-state index in [2.05, 4.69) is 20.3 Å². The number of halogens is 3. The first kappa shape index (κ1) is 17.7. The van der Waals surface area contributed by atoms with Gasteiger partial charge in [0.2, 0.25) is 0 Å². The fourth-order valence-electron chi connectivity index (χ4n) is 2.86. The maximum absolute atomic E-state index is 12.9. The lowest BCUT2D eigenvalue weighted by Gasteiger charge is -2.10. The normalized spacial score (nSPS) is 11.5. The summed E-state index contributed by atoms with van der Waals surface area (Å²) >= 11 is 0. The highest BCUT2D eigenvalue weighted by Gasteiger charge is 2.30. The molecular formula is C20H13F3N4O. The number of hydrogen-bond donors (Lipinski definition) is 2. The first-order valence-corrected chi connectivity index (χ1v) is 8.29. The van der Waals surface area contributed by atoms with Crippen molar-refractivity contribution in [2.24, 2.45) is 0 Å². The topological polar surface area (TPSA) is 70.7 Å². The van der Waals surface area contributed by atoms with Gasteiger partial charge in [0.15, 0.2) is 5.78 Å². The molecule has 0 saturated heterocycles. The lowest BCUT2D eigenvalue weighted by Crippen LogP contribution is -2.05. The molecule has 140 valence electrons. The molecule has 0 fully saturated rings. The first-order chi connectivity index (χ1) is 13.4. The molecule has 8 heteroatoms. The Balaban J connectivity index is 1.72. The van der Waals surface area contributed by atoms with Gasteiger partial charge in [0.05, 0.1) is 16.5 Å². The van der Waals surface area contributed by atoms with Crippen molar-refractivity contribution in [3.05, 3.63) is 83.8 Å². The van der Waals surface area contributed by atoms with Crippen LogP contribution in [0.5, 0.6) is 0 Å². The average Bonchev–Trinajstić information content (AvgIpc) is 3.13. The zero-order chi connectivity index (χ0) is 19.7. The lowest BCUT2D eigenvalue weighted by molar-refractivity contribution is -0.137. The number of fused-ring (bicyclic) bond motifs is 1. The monoisotopic (exact) mass is 382 g/mol. The van der Waals surface area contributed by atoms with Gasteiger partial charge in [-0.1, -0.05) is 30.3 Å². The number of benzene rings is 2. The summed E-state index contributed by atoms with van der Waals surface area (Å²) in [5.41, 5.74) is 0.993. The van der Waals surface area contributed by atoms with Crippen LogP contribution in [0.2, 0.25) is 0 Å². The van der Waals surface area contributed by atoms with Crippen LogP contribution in [-0.4, -0.2) is 20.7 Å². The second-order valence-corrected chi connectivity index (χ2v) is 6.04. The van der Waals surface area contributed by atoms with Gasteiger partial charge in [0, 0.05) is 17.4 Å². The minimum absolute atomic E-state index is 0.211. The van der Waals surface area contributed by atoms with Crippen LogP contribution in [0, 0.1) is 0 Å². The van der Waals surface area contributed by atoms with Crippen LogP contribution < -0.4 is 5.32 Å². The third kappa shape index (κ3) is 3.32. The molecule has 0 atom stereocenters. The number of hydrogen-bond acceptors (Lipinski definition) is 4. The lowest BCUT2D eigenvalue weighted by atomic mass is 10.0. The van der Waals surface area contributed by atoms with Crippen LogP contribution in [0.15, 0.2) is 67.1 Å². The number of nitrogens with one attached hydrogen (secondary N) is 2. The van der Waals surface area contributed by atoms with E-state index in [1.54, 1.807) is 30.5 Å². The minimum atomic E-state index is -4.41. The van der Waals surface area contributed by atoms with E-state index in [-0.39, 0.29) is 5.78 Å². The van der Waals surface area contributed by atoms with E-state index < -0.39 is 11.7 Å². The number of nitrogens with zero attached hydrogens (tertiary/aromatic N) is 2. The maximum Gasteiger partial charge on any atom is 0.416 e. The van der Waals surface area contributed by atoms with Gasteiger partial charge in [0.25, 0.3) is 0 Å². The summed E-state index contributed by atoms with van der Waals surface area (Å²) in [6, 6.07) is 13.3. The van der Waals surface area contributed by atoms with Crippen molar-refractivity contribution in [3.63, 3.8) is 0 Å². The molecule has 4 rings (SSSR count). The predicted octanol–water partition coefficient (Wildman–Crippen LogP) is 4.95. The van der Waals surface area contributed by atoms with Crippen LogP contribution in [0.3, 0.4) is 0 Å². The molecule has 2 aromatic heterocycles. The molecule has 0 bridgehead atoms. The predicted molar refractivity (Wildman–Crippen MR) is 98.5 cm³/mol. The van der Waals surface area contributed by atoms with Gasteiger partial charge in [-0.25, -0.2) is 9.97 Å². The van der Waals surface area contributed by atoms with Crippen molar-refractivity contribution in [2.45, 2.75) is 6.18 Å². The number of alkyl halides is 3. The number of aromatic amines is 1. The molecule has 0 unspecified atom stereocenters. The van der Waals surface area contributed by atoms with Gasteiger partial charge in [-0.15, -0.1) is 0 Å². The van der Waals surface area contributed by atoms with Crippen molar-refractivity contribution >= 4 is 28.3 Å². The highest BCUT2D eigenvalue weighted by Crippen LogP contribution is 2.31. The van der Waals surface area contributed by atoms with Crippen LogP contribution >= 0.6 is 0 Å². The van der Waals surface area contributed by atoms with E-state index in [9.17, 15) is 18.0 Å². The van der Waals surface area contributed by atoms with Crippen molar-refractivity contribution in [1.82, 2.24) is 15.0 Å². The Kier molecular flexibility index (Phi) is 4.31. The Morgan fingerprint density at radius 3 is 2.36 bits per heavy atom. The maximum atomic E-state index is 12.9. The van der Waals surface area contributed by atoms with Crippen LogP contribution in [-0.2, 0) is 6.18 Å². The van der Waals surface area contributed by atoms with E-state index >= 15 is 0 Å². The summed E-state index contributed by atoms with van der Waals surface area (Å²) in [5, 5.41) is 3.44. The summed E-state index contributed by atoms with van der Waals surface area (Å²) in [6.07, 6.45) is -1.55. The molecule has 2 N–H and O–H groups in total. The molecule has 0 amide bonds. The van der Waals surface area contributed by atoms with E-state index in [0.717, 1.165) is 12.1 Å². The Bertz CT molecular complexity index is 1140. The molecule has 28 heavy (non-hydrogen) atoms. The minimum Gasteiger partial charge on any atom is -0.345 e. The SMILES string of the molecule is O=C(c1ccccc1)c1c[nH]c2ncnc(Nc3ccc(C(F)(F)F)cc3)c12. The number of anilines is 2. The first-order valence-electron chi connectivity index (χ1n) is 8.29. The van der Waals surface area contributed by atoms with Crippen LogP contribution in [0.25, 0.3) is 11.0 Å². The molecule has 2 aromatic carbocycles. The van der Waals surface area contributed by atoms with Gasteiger partial charge in [0.1, 0.15) is 17.8 Å². The Hall–Kier alpha value is -3.68. The zero-order valence-corrected chi connectivity index (χ0v) is 14.3. The molecule has 0 radical (unpaired) electrons. The van der Waals surface area contributed by atoms with Gasteiger partial charge in [-0.3, -0.25) is 4.79 Å². The number of ketones is 1. The van der Waals surface area contributed by atoms with Crippen molar-refractivity contribution < 1.29 is 18.0 Å². The highest BCUT2D eigenvalue weighted by atomic mass is 19.4. The largest absolute Gasteiger partial charge is 0.416 e. The van der Waals surface area contributed by atoms with Gasteiger partial charge < -0.3 is 10.3 Å². The highest BCUT2D eigenvalue weighted by molar-refractivity contribution is 6.18. The van der Waals surface area contributed by atoms with Crippen molar-refractivity contribution in [1.29, 1.82) is 0 Å². The van der Waals surface area contributed by atoms with E-state index in [0.29, 0.717) is 33.7 Å².